The Morgan fingerprint density at radius 2 is 2.14 bits per heavy atom. The molecule has 1 aromatic rings. The van der Waals surface area contributed by atoms with Crippen molar-refractivity contribution in [2.75, 3.05) is 25.0 Å². The summed E-state index contributed by atoms with van der Waals surface area (Å²) < 4.78 is 1.51. The molecule has 0 unspecified atom stereocenters. The van der Waals surface area contributed by atoms with Gasteiger partial charge in [-0.15, -0.1) is 6.42 Å². The van der Waals surface area contributed by atoms with Crippen molar-refractivity contribution >= 4 is 27.5 Å². The summed E-state index contributed by atoms with van der Waals surface area (Å²) in [5, 5.41) is 6.92. The molecule has 6 nitrogen and oxygen atoms in total. The fraction of sp³-hybridized carbons (Fsp3) is 0.500. The number of hydrogen-bond donors (Lipinski definition) is 1. The van der Waals surface area contributed by atoms with E-state index in [-0.39, 0.29) is 24.6 Å². The van der Waals surface area contributed by atoms with Gasteiger partial charge in [0.15, 0.2) is 0 Å². The molecular formula is C14H17BrN4O2. The number of terminal acetylenes is 1. The van der Waals surface area contributed by atoms with E-state index in [1.807, 2.05) is 4.90 Å². The van der Waals surface area contributed by atoms with E-state index in [2.05, 4.69) is 32.3 Å². The van der Waals surface area contributed by atoms with Crippen LogP contribution < -0.4 is 10.9 Å². The zero-order valence-electron chi connectivity index (χ0n) is 11.6. The van der Waals surface area contributed by atoms with Crippen molar-refractivity contribution in [3.63, 3.8) is 0 Å². The Kier molecular flexibility index (Phi) is 5.39. The summed E-state index contributed by atoms with van der Waals surface area (Å²) in [7, 11) is 0. The van der Waals surface area contributed by atoms with E-state index >= 15 is 0 Å². The van der Waals surface area contributed by atoms with Crippen LogP contribution in [0.5, 0.6) is 0 Å². The number of nitrogens with one attached hydrogen (secondary N) is 1. The Bertz CT molecular complexity index is 614. The van der Waals surface area contributed by atoms with Crippen LogP contribution >= 0.6 is 15.9 Å². The maximum Gasteiger partial charge on any atom is 0.284 e. The van der Waals surface area contributed by atoms with E-state index in [1.165, 1.54) is 17.3 Å². The smallest absolute Gasteiger partial charge is 0.284 e. The Labute approximate surface area is 131 Å². The van der Waals surface area contributed by atoms with Crippen molar-refractivity contribution < 1.29 is 4.79 Å². The summed E-state index contributed by atoms with van der Waals surface area (Å²) in [6.07, 6.45) is 9.95. The number of halogens is 1. The lowest BCUT2D eigenvalue weighted by Crippen LogP contribution is -2.39. The third kappa shape index (κ3) is 3.85. The number of nitrogens with zero attached hydrogens (tertiary/aromatic N) is 3. The van der Waals surface area contributed by atoms with Gasteiger partial charge in [-0.1, -0.05) is 5.92 Å². The minimum Gasteiger partial charge on any atom is -0.374 e. The number of carbonyl (C=O) groups excluding carboxylic acids is 1. The third-order valence-electron chi connectivity index (χ3n) is 3.36. The molecule has 7 heteroatoms. The van der Waals surface area contributed by atoms with E-state index in [4.69, 9.17) is 6.42 Å². The van der Waals surface area contributed by atoms with Crippen LogP contribution in [0.3, 0.4) is 0 Å². The highest BCUT2D eigenvalue weighted by molar-refractivity contribution is 9.10. The van der Waals surface area contributed by atoms with Gasteiger partial charge in [-0.3, -0.25) is 9.59 Å². The fourth-order valence-corrected chi connectivity index (χ4v) is 2.66. The summed E-state index contributed by atoms with van der Waals surface area (Å²) in [6, 6.07) is 0. The van der Waals surface area contributed by atoms with Gasteiger partial charge >= 0.3 is 0 Å². The molecule has 1 aromatic heterocycles. The van der Waals surface area contributed by atoms with E-state index < -0.39 is 0 Å². The van der Waals surface area contributed by atoms with Gasteiger partial charge in [0.1, 0.15) is 11.0 Å². The second-order valence-corrected chi connectivity index (χ2v) is 5.63. The number of anilines is 1. The van der Waals surface area contributed by atoms with Crippen molar-refractivity contribution in [1.29, 1.82) is 0 Å². The van der Waals surface area contributed by atoms with Gasteiger partial charge in [0.05, 0.1) is 18.4 Å². The molecule has 0 atom stereocenters. The van der Waals surface area contributed by atoms with E-state index in [0.29, 0.717) is 10.2 Å². The predicted molar refractivity (Wildman–Crippen MR) is 84.0 cm³/mol. The molecule has 1 aliphatic heterocycles. The van der Waals surface area contributed by atoms with E-state index in [9.17, 15) is 9.59 Å². The number of carbonyl (C=O) groups is 1. The van der Waals surface area contributed by atoms with Gasteiger partial charge in [0, 0.05) is 13.1 Å². The summed E-state index contributed by atoms with van der Waals surface area (Å²) in [4.78, 5) is 25.8. The Hall–Kier alpha value is -1.81. The van der Waals surface area contributed by atoms with Crippen LogP contribution in [0.2, 0.25) is 0 Å². The van der Waals surface area contributed by atoms with Crippen LogP contribution in [0.1, 0.15) is 19.3 Å². The summed E-state index contributed by atoms with van der Waals surface area (Å²) in [5.74, 6) is 2.40. The summed E-state index contributed by atoms with van der Waals surface area (Å²) >= 11 is 3.22. The van der Waals surface area contributed by atoms with Gasteiger partial charge in [-0.05, 0) is 35.2 Å². The van der Waals surface area contributed by atoms with Gasteiger partial charge in [0.25, 0.3) is 5.56 Å². The van der Waals surface area contributed by atoms with Crippen molar-refractivity contribution in [3.05, 3.63) is 21.0 Å². The highest BCUT2D eigenvalue weighted by Gasteiger charge is 2.17. The molecule has 1 fully saturated rings. The molecule has 0 saturated carbocycles. The number of hydrogen-bond acceptors (Lipinski definition) is 4. The van der Waals surface area contributed by atoms with E-state index in [1.54, 1.807) is 0 Å². The zero-order valence-corrected chi connectivity index (χ0v) is 13.2. The molecule has 0 aliphatic carbocycles. The van der Waals surface area contributed by atoms with Crippen molar-refractivity contribution in [2.24, 2.45) is 0 Å². The SMILES string of the molecule is C#CCn1ncc(NCC(=O)N2CCCCC2)c(Br)c1=O. The molecule has 0 aromatic carbocycles. The number of rotatable bonds is 4. The molecule has 1 amide bonds. The molecule has 112 valence electrons. The normalized spacial score (nSPS) is 14.6. The lowest BCUT2D eigenvalue weighted by molar-refractivity contribution is -0.130. The van der Waals surface area contributed by atoms with Crippen molar-refractivity contribution in [2.45, 2.75) is 25.8 Å². The van der Waals surface area contributed by atoms with Crippen LogP contribution in [-0.2, 0) is 11.3 Å². The largest absolute Gasteiger partial charge is 0.374 e. The van der Waals surface area contributed by atoms with E-state index in [0.717, 1.165) is 25.9 Å². The summed E-state index contributed by atoms with van der Waals surface area (Å²) in [6.45, 7) is 1.89. The van der Waals surface area contributed by atoms with Crippen LogP contribution in [0.15, 0.2) is 15.5 Å². The Morgan fingerprint density at radius 3 is 2.81 bits per heavy atom. The topological polar surface area (TPSA) is 67.2 Å². The Morgan fingerprint density at radius 1 is 1.43 bits per heavy atom. The quantitative estimate of drug-likeness (QED) is 0.823. The average molecular weight is 353 g/mol. The molecule has 0 bridgehead atoms. The molecule has 21 heavy (non-hydrogen) atoms. The first-order chi connectivity index (χ1) is 10.1. The first-order valence-corrected chi connectivity index (χ1v) is 7.63. The summed E-state index contributed by atoms with van der Waals surface area (Å²) in [5.41, 5.74) is 0.182. The molecule has 2 rings (SSSR count). The van der Waals surface area contributed by atoms with Crippen LogP contribution in [-0.4, -0.2) is 40.2 Å². The first-order valence-electron chi connectivity index (χ1n) is 6.84. The first kappa shape index (κ1) is 15.6. The van der Waals surface area contributed by atoms with Crippen LogP contribution in [0.25, 0.3) is 0 Å². The molecule has 1 saturated heterocycles. The number of piperidine rings is 1. The lowest BCUT2D eigenvalue weighted by atomic mass is 10.1. The fourth-order valence-electron chi connectivity index (χ4n) is 2.21. The highest BCUT2D eigenvalue weighted by Crippen LogP contribution is 2.16. The molecule has 0 spiro atoms. The van der Waals surface area contributed by atoms with Gasteiger partial charge < -0.3 is 10.2 Å². The highest BCUT2D eigenvalue weighted by atomic mass is 79.9. The molecule has 1 aliphatic rings. The number of likely N-dealkylation sites (tertiary alicyclic amines) is 1. The zero-order chi connectivity index (χ0) is 15.2. The second-order valence-electron chi connectivity index (χ2n) is 4.83. The average Bonchev–Trinajstić information content (AvgIpc) is 2.52. The predicted octanol–water partition coefficient (Wildman–Crippen LogP) is 1.06. The molecule has 1 N–H and O–H groups in total. The molecule has 0 radical (unpaired) electrons. The number of aromatic nitrogens is 2. The Balaban J connectivity index is 2.00. The van der Waals surface area contributed by atoms with Crippen LogP contribution in [0, 0.1) is 12.3 Å². The van der Waals surface area contributed by atoms with Crippen LogP contribution in [0.4, 0.5) is 5.69 Å². The molecule has 2 heterocycles. The third-order valence-corrected chi connectivity index (χ3v) is 4.13. The minimum atomic E-state index is -0.316. The van der Waals surface area contributed by atoms with Gasteiger partial charge in [0.2, 0.25) is 5.91 Å². The maximum atomic E-state index is 12.1. The lowest BCUT2D eigenvalue weighted by Gasteiger charge is -2.26. The van der Waals surface area contributed by atoms with Gasteiger partial charge in [-0.2, -0.15) is 5.10 Å². The molecular weight excluding hydrogens is 336 g/mol. The monoisotopic (exact) mass is 352 g/mol. The maximum absolute atomic E-state index is 12.1. The second kappa shape index (κ2) is 7.27. The number of amides is 1. The van der Waals surface area contributed by atoms with Crippen molar-refractivity contribution in [3.8, 4) is 12.3 Å². The minimum absolute atomic E-state index is 0.0365. The standard InChI is InChI=1S/C14H17BrN4O2/c1-2-6-19-14(21)13(15)11(9-17-19)16-10-12(20)18-7-4-3-5-8-18/h1,9,16H,3-8,10H2. The van der Waals surface area contributed by atoms with Gasteiger partial charge in [-0.25, -0.2) is 4.68 Å². The van der Waals surface area contributed by atoms with Crippen molar-refractivity contribution in [1.82, 2.24) is 14.7 Å².